The minimum Gasteiger partial charge on any atom is -0.206 e. The van der Waals surface area contributed by atoms with Gasteiger partial charge in [-0.1, -0.05) is 17.8 Å². The zero-order valence-corrected chi connectivity index (χ0v) is 11.9. The first-order chi connectivity index (χ1) is 8.43. The molecule has 2 fully saturated rings. The van der Waals surface area contributed by atoms with Crippen molar-refractivity contribution in [1.82, 2.24) is 4.31 Å². The fourth-order valence-corrected chi connectivity index (χ4v) is 6.07. The average molecular weight is 289 g/mol. The third-order valence-electron chi connectivity index (χ3n) is 4.24. The van der Waals surface area contributed by atoms with Crippen LogP contribution in [0.2, 0.25) is 0 Å². The van der Waals surface area contributed by atoms with Crippen molar-refractivity contribution in [1.29, 1.82) is 0 Å². The molecule has 1 unspecified atom stereocenters. The summed E-state index contributed by atoms with van der Waals surface area (Å²) in [7, 11) is -3.50. The lowest BCUT2D eigenvalue weighted by Gasteiger charge is -2.37. The summed E-state index contributed by atoms with van der Waals surface area (Å²) in [6.45, 7) is 2.56. The van der Waals surface area contributed by atoms with Gasteiger partial charge in [0.05, 0.1) is 0 Å². The lowest BCUT2D eigenvalue weighted by molar-refractivity contribution is 0.152. The monoisotopic (exact) mass is 289 g/mol. The summed E-state index contributed by atoms with van der Waals surface area (Å²) < 4.78 is 39.6. The van der Waals surface area contributed by atoms with Gasteiger partial charge in [-0.3, -0.25) is 0 Å². The zero-order valence-electron chi connectivity index (χ0n) is 10.2. The van der Waals surface area contributed by atoms with Crippen molar-refractivity contribution >= 4 is 21.4 Å². The van der Waals surface area contributed by atoms with Crippen molar-refractivity contribution < 1.29 is 12.8 Å². The van der Waals surface area contributed by atoms with E-state index in [0.29, 0.717) is 17.9 Å². The second-order valence-electron chi connectivity index (χ2n) is 5.52. The molecule has 0 aromatic carbocycles. The Bertz CT molecular complexity index is 562. The van der Waals surface area contributed by atoms with Gasteiger partial charge in [-0.15, -0.1) is 0 Å². The molecule has 1 atom stereocenters. The molecule has 6 heteroatoms. The number of nitrogens with zero attached hydrogens (tertiary/aromatic N) is 1. The Balaban J connectivity index is 1.90. The molecule has 100 valence electrons. The van der Waals surface area contributed by atoms with Gasteiger partial charge >= 0.3 is 0 Å². The number of hydrogen-bond donors (Lipinski definition) is 0. The van der Waals surface area contributed by atoms with Crippen LogP contribution in [0.1, 0.15) is 32.6 Å². The molecule has 3 nitrogen and oxygen atoms in total. The van der Waals surface area contributed by atoms with Crippen LogP contribution >= 0.6 is 11.3 Å². The minimum absolute atomic E-state index is 0.0282. The molecule has 2 aliphatic rings. The molecule has 1 aromatic heterocycles. The van der Waals surface area contributed by atoms with Crippen LogP contribution in [0, 0.1) is 10.5 Å². The van der Waals surface area contributed by atoms with E-state index in [1.54, 1.807) is 4.31 Å². The summed E-state index contributed by atoms with van der Waals surface area (Å²) in [4.78, 5) is 0. The van der Waals surface area contributed by atoms with Crippen molar-refractivity contribution in [2.75, 3.05) is 6.54 Å². The molecule has 1 aromatic rings. The van der Waals surface area contributed by atoms with E-state index in [2.05, 4.69) is 0 Å². The molecule has 1 saturated heterocycles. The van der Waals surface area contributed by atoms with Gasteiger partial charge in [0, 0.05) is 12.6 Å². The lowest BCUT2D eigenvalue weighted by Crippen LogP contribution is -2.37. The van der Waals surface area contributed by atoms with Gasteiger partial charge in [-0.2, -0.15) is 8.70 Å². The van der Waals surface area contributed by atoms with E-state index in [-0.39, 0.29) is 15.7 Å². The lowest BCUT2D eigenvalue weighted by atomic mass is 9.68. The number of rotatable bonds is 2. The average Bonchev–Trinajstić information content (AvgIpc) is 2.81. The van der Waals surface area contributed by atoms with E-state index >= 15 is 0 Å². The SMILES string of the molecule is CC1CC2(CCC2)CN1S(=O)(=O)c1ccc(F)s1. The molecule has 2 heterocycles. The fraction of sp³-hybridized carbons (Fsp3) is 0.667. The van der Waals surface area contributed by atoms with Crippen LogP contribution in [0.15, 0.2) is 16.3 Å². The van der Waals surface area contributed by atoms with E-state index < -0.39 is 15.2 Å². The molecule has 1 aliphatic carbocycles. The smallest absolute Gasteiger partial charge is 0.206 e. The Labute approximate surface area is 111 Å². The first-order valence-electron chi connectivity index (χ1n) is 6.20. The molecule has 0 bridgehead atoms. The van der Waals surface area contributed by atoms with Crippen molar-refractivity contribution in [2.45, 2.75) is 42.9 Å². The van der Waals surface area contributed by atoms with E-state index in [1.807, 2.05) is 6.92 Å². The molecular weight excluding hydrogens is 273 g/mol. The predicted molar refractivity (Wildman–Crippen MR) is 68.5 cm³/mol. The second-order valence-corrected chi connectivity index (χ2v) is 8.67. The third kappa shape index (κ3) is 1.82. The van der Waals surface area contributed by atoms with Crippen LogP contribution < -0.4 is 0 Å². The van der Waals surface area contributed by atoms with Crippen LogP contribution in [0.3, 0.4) is 0 Å². The maximum Gasteiger partial charge on any atom is 0.252 e. The summed E-state index contributed by atoms with van der Waals surface area (Å²) in [6, 6.07) is 2.62. The molecular formula is C12H16FNO2S2. The fourth-order valence-electron chi connectivity index (χ4n) is 3.19. The van der Waals surface area contributed by atoms with Crippen LogP contribution in [0.5, 0.6) is 0 Å². The normalized spacial score (nSPS) is 27.6. The summed E-state index contributed by atoms with van der Waals surface area (Å²) in [6.07, 6.45) is 4.40. The van der Waals surface area contributed by atoms with Gasteiger partial charge in [0.1, 0.15) is 4.21 Å². The number of hydrogen-bond acceptors (Lipinski definition) is 3. The van der Waals surface area contributed by atoms with Gasteiger partial charge < -0.3 is 0 Å². The van der Waals surface area contributed by atoms with E-state index in [0.717, 1.165) is 19.3 Å². The topological polar surface area (TPSA) is 37.4 Å². The summed E-state index contributed by atoms with van der Waals surface area (Å²) in [5.74, 6) is 0. The Morgan fingerprint density at radius 2 is 2.17 bits per heavy atom. The maximum absolute atomic E-state index is 13.0. The van der Waals surface area contributed by atoms with Crippen molar-refractivity contribution in [3.8, 4) is 0 Å². The molecule has 18 heavy (non-hydrogen) atoms. The highest BCUT2D eigenvalue weighted by molar-refractivity contribution is 7.91. The highest BCUT2D eigenvalue weighted by Gasteiger charge is 2.50. The number of sulfonamides is 1. The van der Waals surface area contributed by atoms with Crippen LogP contribution in [0.4, 0.5) is 4.39 Å². The zero-order chi connectivity index (χ0) is 13.0. The van der Waals surface area contributed by atoms with Gasteiger partial charge in [-0.05, 0) is 43.7 Å². The summed E-state index contributed by atoms with van der Waals surface area (Å²) in [5, 5.41) is -0.446. The standard InChI is InChI=1S/C12H16FNO2S2/c1-9-7-12(5-2-6-12)8-14(9)18(15,16)11-4-3-10(13)17-11/h3-4,9H,2,5-8H2,1H3. The van der Waals surface area contributed by atoms with Gasteiger partial charge in [-0.25, -0.2) is 8.42 Å². The number of halogens is 1. The first kappa shape index (κ1) is 12.6. The summed E-state index contributed by atoms with van der Waals surface area (Å²) >= 11 is 0.713. The summed E-state index contributed by atoms with van der Waals surface area (Å²) in [5.41, 5.74) is 0.211. The third-order valence-corrected chi connectivity index (χ3v) is 7.54. The molecule has 1 aliphatic heterocycles. The van der Waals surface area contributed by atoms with Crippen molar-refractivity contribution in [3.63, 3.8) is 0 Å². The quantitative estimate of drug-likeness (QED) is 0.839. The van der Waals surface area contributed by atoms with Gasteiger partial charge in [0.2, 0.25) is 0 Å². The van der Waals surface area contributed by atoms with Crippen LogP contribution in [-0.4, -0.2) is 25.3 Å². The Morgan fingerprint density at radius 3 is 2.61 bits per heavy atom. The maximum atomic E-state index is 13.0. The highest BCUT2D eigenvalue weighted by atomic mass is 32.2. The van der Waals surface area contributed by atoms with Gasteiger partial charge in [0.25, 0.3) is 10.0 Å². The first-order valence-corrected chi connectivity index (χ1v) is 8.46. The van der Waals surface area contributed by atoms with Gasteiger partial charge in [0.15, 0.2) is 5.13 Å². The highest BCUT2D eigenvalue weighted by Crippen LogP contribution is 2.51. The van der Waals surface area contributed by atoms with E-state index in [4.69, 9.17) is 0 Å². The largest absolute Gasteiger partial charge is 0.252 e. The predicted octanol–water partition coefficient (Wildman–Crippen LogP) is 2.84. The Kier molecular flexibility index (Phi) is 2.80. The molecule has 1 spiro atoms. The molecule has 0 amide bonds. The Hall–Kier alpha value is -0.460. The molecule has 0 radical (unpaired) electrons. The molecule has 3 rings (SSSR count). The second kappa shape index (κ2) is 4.02. The van der Waals surface area contributed by atoms with E-state index in [9.17, 15) is 12.8 Å². The number of thiophene rings is 1. The molecule has 1 saturated carbocycles. The Morgan fingerprint density at radius 1 is 1.44 bits per heavy atom. The van der Waals surface area contributed by atoms with Crippen molar-refractivity contribution in [2.24, 2.45) is 5.41 Å². The van der Waals surface area contributed by atoms with Crippen LogP contribution in [-0.2, 0) is 10.0 Å². The molecule has 0 N–H and O–H groups in total. The van der Waals surface area contributed by atoms with E-state index in [1.165, 1.54) is 18.6 Å². The van der Waals surface area contributed by atoms with Crippen LogP contribution in [0.25, 0.3) is 0 Å². The minimum atomic E-state index is -3.50. The van der Waals surface area contributed by atoms with Crippen molar-refractivity contribution in [3.05, 3.63) is 17.3 Å².